The van der Waals surface area contributed by atoms with Gasteiger partial charge in [0.05, 0.1) is 0 Å². The number of rotatable bonds is 2. The first-order chi connectivity index (χ1) is 9.65. The van der Waals surface area contributed by atoms with Gasteiger partial charge in [0.2, 0.25) is 5.82 Å². The number of nitrogens with zero attached hydrogens (tertiary/aromatic N) is 2. The van der Waals surface area contributed by atoms with E-state index in [0.29, 0.717) is 11.7 Å². The molecule has 0 atom stereocenters. The van der Waals surface area contributed by atoms with E-state index in [1.165, 1.54) is 5.56 Å². The highest BCUT2D eigenvalue weighted by molar-refractivity contribution is 5.64. The molecule has 0 fully saturated rings. The molecule has 0 amide bonds. The van der Waals surface area contributed by atoms with E-state index in [1.54, 1.807) is 18.2 Å². The molecule has 3 aromatic rings. The summed E-state index contributed by atoms with van der Waals surface area (Å²) in [4.78, 5) is 4.40. The van der Waals surface area contributed by atoms with Gasteiger partial charge in [0.1, 0.15) is 5.75 Å². The fourth-order valence-electron chi connectivity index (χ4n) is 2.08. The Bertz CT molecular complexity index is 763. The fourth-order valence-corrected chi connectivity index (χ4v) is 2.08. The summed E-state index contributed by atoms with van der Waals surface area (Å²) in [5.41, 5.74) is 3.97. The lowest BCUT2D eigenvalue weighted by Crippen LogP contribution is -1.87. The summed E-state index contributed by atoms with van der Waals surface area (Å²) < 4.78 is 5.34. The van der Waals surface area contributed by atoms with Crippen LogP contribution in [0.5, 0.6) is 5.75 Å². The molecule has 2 aromatic carbocycles. The lowest BCUT2D eigenvalue weighted by atomic mass is 10.0. The average Bonchev–Trinajstić information content (AvgIpc) is 2.91. The molecule has 1 N–H and O–H groups in total. The lowest BCUT2D eigenvalue weighted by Gasteiger charge is -2.03. The number of aromatic hydroxyl groups is 1. The maximum atomic E-state index is 9.49. The predicted octanol–water partition coefficient (Wildman–Crippen LogP) is 3.73. The third-order valence-corrected chi connectivity index (χ3v) is 3.37. The highest BCUT2D eigenvalue weighted by atomic mass is 16.5. The van der Waals surface area contributed by atoms with E-state index in [4.69, 9.17) is 4.52 Å². The summed E-state index contributed by atoms with van der Waals surface area (Å²) in [6, 6.07) is 12.8. The van der Waals surface area contributed by atoms with Crippen molar-refractivity contribution in [3.05, 3.63) is 53.6 Å². The van der Waals surface area contributed by atoms with Crippen molar-refractivity contribution in [1.29, 1.82) is 0 Å². The van der Waals surface area contributed by atoms with Crippen LogP contribution in [0.4, 0.5) is 0 Å². The second-order valence-electron chi connectivity index (χ2n) is 4.72. The molecule has 100 valence electrons. The van der Waals surface area contributed by atoms with Gasteiger partial charge in [-0.2, -0.15) is 4.98 Å². The second-order valence-corrected chi connectivity index (χ2v) is 4.72. The molecule has 0 bridgehead atoms. The maximum Gasteiger partial charge on any atom is 0.258 e. The zero-order chi connectivity index (χ0) is 14.1. The highest BCUT2D eigenvalue weighted by Crippen LogP contribution is 2.27. The highest BCUT2D eigenvalue weighted by Gasteiger charge is 2.13. The number of phenols is 1. The van der Waals surface area contributed by atoms with Crippen LogP contribution in [0.15, 0.2) is 47.0 Å². The van der Waals surface area contributed by atoms with E-state index < -0.39 is 0 Å². The van der Waals surface area contributed by atoms with Gasteiger partial charge in [0.25, 0.3) is 5.89 Å². The largest absolute Gasteiger partial charge is 0.508 e. The van der Waals surface area contributed by atoms with Crippen LogP contribution in [0.1, 0.15) is 11.1 Å². The van der Waals surface area contributed by atoms with Gasteiger partial charge in [-0.1, -0.05) is 29.4 Å². The van der Waals surface area contributed by atoms with Crippen molar-refractivity contribution in [2.45, 2.75) is 13.8 Å². The molecule has 0 spiro atoms. The molecule has 4 heteroatoms. The van der Waals surface area contributed by atoms with E-state index in [1.807, 2.05) is 38.1 Å². The molecule has 0 radical (unpaired) electrons. The van der Waals surface area contributed by atoms with Crippen LogP contribution >= 0.6 is 0 Å². The molecule has 3 rings (SSSR count). The average molecular weight is 266 g/mol. The van der Waals surface area contributed by atoms with E-state index in [2.05, 4.69) is 10.1 Å². The number of hydrogen-bond acceptors (Lipinski definition) is 4. The molecular weight excluding hydrogens is 252 g/mol. The van der Waals surface area contributed by atoms with Crippen molar-refractivity contribution in [2.75, 3.05) is 0 Å². The molecule has 1 heterocycles. The quantitative estimate of drug-likeness (QED) is 0.767. The molecule has 0 saturated carbocycles. The molecule has 0 aliphatic rings. The SMILES string of the molecule is Cc1cccc(-c2nc(-c3cccc(O)c3)no2)c1C. The van der Waals surface area contributed by atoms with Crippen LogP contribution in [0.2, 0.25) is 0 Å². The summed E-state index contributed by atoms with van der Waals surface area (Å²) in [6.07, 6.45) is 0. The van der Waals surface area contributed by atoms with Crippen molar-refractivity contribution in [2.24, 2.45) is 0 Å². The molecule has 0 saturated heterocycles. The van der Waals surface area contributed by atoms with Crippen molar-refractivity contribution in [1.82, 2.24) is 10.1 Å². The smallest absolute Gasteiger partial charge is 0.258 e. The maximum absolute atomic E-state index is 9.49. The minimum Gasteiger partial charge on any atom is -0.508 e. The van der Waals surface area contributed by atoms with Crippen molar-refractivity contribution < 1.29 is 9.63 Å². The summed E-state index contributed by atoms with van der Waals surface area (Å²) >= 11 is 0. The van der Waals surface area contributed by atoms with Crippen LogP contribution in [-0.2, 0) is 0 Å². The molecule has 20 heavy (non-hydrogen) atoms. The minimum absolute atomic E-state index is 0.181. The standard InChI is InChI=1S/C16H14N2O2/c1-10-5-3-8-14(11(10)2)16-17-15(18-20-16)12-6-4-7-13(19)9-12/h3-9,19H,1-2H3. The van der Waals surface area contributed by atoms with Crippen molar-refractivity contribution in [3.63, 3.8) is 0 Å². The topological polar surface area (TPSA) is 59.2 Å². The van der Waals surface area contributed by atoms with Gasteiger partial charge in [-0.05, 0) is 43.2 Å². The first-order valence-corrected chi connectivity index (χ1v) is 6.35. The van der Waals surface area contributed by atoms with Gasteiger partial charge in [0.15, 0.2) is 0 Å². The van der Waals surface area contributed by atoms with E-state index in [-0.39, 0.29) is 5.75 Å². The van der Waals surface area contributed by atoms with Gasteiger partial charge in [-0.15, -0.1) is 0 Å². The number of hydrogen-bond donors (Lipinski definition) is 1. The van der Waals surface area contributed by atoms with Crippen LogP contribution < -0.4 is 0 Å². The second kappa shape index (κ2) is 4.81. The number of aromatic nitrogens is 2. The number of benzene rings is 2. The van der Waals surface area contributed by atoms with E-state index in [0.717, 1.165) is 16.7 Å². The molecule has 1 aromatic heterocycles. The predicted molar refractivity (Wildman–Crippen MR) is 76.3 cm³/mol. The zero-order valence-corrected chi connectivity index (χ0v) is 11.3. The molecule has 0 unspecified atom stereocenters. The normalized spacial score (nSPS) is 10.7. The van der Waals surface area contributed by atoms with Gasteiger partial charge >= 0.3 is 0 Å². The Morgan fingerprint density at radius 2 is 1.85 bits per heavy atom. The molecule has 4 nitrogen and oxygen atoms in total. The van der Waals surface area contributed by atoms with Crippen LogP contribution in [0, 0.1) is 13.8 Å². The number of phenolic OH excluding ortho intramolecular Hbond substituents is 1. The summed E-state index contributed by atoms with van der Waals surface area (Å²) in [5, 5.41) is 13.5. The fraction of sp³-hybridized carbons (Fsp3) is 0.125. The Kier molecular flexibility index (Phi) is 2.99. The number of aryl methyl sites for hydroxylation is 1. The van der Waals surface area contributed by atoms with Gasteiger partial charge in [-0.3, -0.25) is 0 Å². The molecule has 0 aliphatic heterocycles. The first kappa shape index (κ1) is 12.4. The van der Waals surface area contributed by atoms with E-state index in [9.17, 15) is 5.11 Å². The monoisotopic (exact) mass is 266 g/mol. The Morgan fingerprint density at radius 3 is 2.65 bits per heavy atom. The Labute approximate surface area is 116 Å². The summed E-state index contributed by atoms with van der Waals surface area (Å²) in [7, 11) is 0. The Hall–Kier alpha value is -2.62. The molecule has 0 aliphatic carbocycles. The van der Waals surface area contributed by atoms with Crippen LogP contribution in [0.3, 0.4) is 0 Å². The van der Waals surface area contributed by atoms with Crippen molar-refractivity contribution in [3.8, 4) is 28.6 Å². The van der Waals surface area contributed by atoms with Gasteiger partial charge in [-0.25, -0.2) is 0 Å². The molecular formula is C16H14N2O2. The first-order valence-electron chi connectivity index (χ1n) is 6.35. The van der Waals surface area contributed by atoms with Crippen LogP contribution in [-0.4, -0.2) is 15.2 Å². The lowest BCUT2D eigenvalue weighted by molar-refractivity contribution is 0.432. The summed E-state index contributed by atoms with van der Waals surface area (Å²) in [5.74, 6) is 1.14. The van der Waals surface area contributed by atoms with Crippen molar-refractivity contribution >= 4 is 0 Å². The third-order valence-electron chi connectivity index (χ3n) is 3.37. The third kappa shape index (κ3) is 2.16. The van der Waals surface area contributed by atoms with Gasteiger partial charge in [0, 0.05) is 11.1 Å². The zero-order valence-electron chi connectivity index (χ0n) is 11.3. The van der Waals surface area contributed by atoms with E-state index >= 15 is 0 Å². The minimum atomic E-state index is 0.181. The van der Waals surface area contributed by atoms with Crippen LogP contribution in [0.25, 0.3) is 22.8 Å². The van der Waals surface area contributed by atoms with Gasteiger partial charge < -0.3 is 9.63 Å². The Balaban J connectivity index is 2.04. The Morgan fingerprint density at radius 1 is 1.05 bits per heavy atom. The summed E-state index contributed by atoms with van der Waals surface area (Å²) in [6.45, 7) is 4.08.